The lowest BCUT2D eigenvalue weighted by atomic mass is 9.99. The molecule has 2 aromatic rings. The molecule has 1 aliphatic heterocycles. The highest BCUT2D eigenvalue weighted by Crippen LogP contribution is 2.21. The summed E-state index contributed by atoms with van der Waals surface area (Å²) < 4.78 is 0. The Balaban J connectivity index is 1.53. The van der Waals surface area contributed by atoms with Crippen LogP contribution in [0.25, 0.3) is 0 Å². The zero-order valence-electron chi connectivity index (χ0n) is 18.4. The lowest BCUT2D eigenvalue weighted by Gasteiger charge is -2.33. The van der Waals surface area contributed by atoms with E-state index in [1.807, 2.05) is 37.3 Å². The number of urea groups is 1. The maximum atomic E-state index is 12.9. The van der Waals surface area contributed by atoms with Crippen LogP contribution in [0.5, 0.6) is 0 Å². The Bertz CT molecular complexity index is 973. The standard InChI is InChI=1S/C24H29ClN4O3/c1-16-7-3-4-8-18(16)15-22(26-17(2)30)23(31)27-19-11-13-29(14-12-19)24(32)28-21-10-6-5-9-20(21)25/h3-10,19,22H,11-15H2,1-2H3,(H,26,30)(H,27,31)(H,28,32)/t22-/m1/s1. The maximum Gasteiger partial charge on any atom is 0.321 e. The fraction of sp³-hybridized carbons (Fsp3) is 0.375. The van der Waals surface area contributed by atoms with Crippen molar-refractivity contribution in [1.82, 2.24) is 15.5 Å². The molecule has 3 N–H and O–H groups in total. The minimum Gasteiger partial charge on any atom is -0.351 e. The summed E-state index contributed by atoms with van der Waals surface area (Å²) in [6, 6.07) is 14.0. The summed E-state index contributed by atoms with van der Waals surface area (Å²) in [5, 5.41) is 9.13. The van der Waals surface area contributed by atoms with Crippen molar-refractivity contribution in [2.45, 2.75) is 45.2 Å². The third-order valence-corrected chi connectivity index (χ3v) is 5.95. The topological polar surface area (TPSA) is 90.5 Å². The second-order valence-electron chi connectivity index (χ2n) is 8.06. The fourth-order valence-corrected chi connectivity index (χ4v) is 3.98. The number of anilines is 1. The van der Waals surface area contributed by atoms with Crippen LogP contribution in [0.4, 0.5) is 10.5 Å². The number of nitrogens with zero attached hydrogens (tertiary/aromatic N) is 1. The van der Waals surface area contributed by atoms with Crippen molar-refractivity contribution >= 4 is 35.1 Å². The van der Waals surface area contributed by atoms with Gasteiger partial charge >= 0.3 is 6.03 Å². The van der Waals surface area contributed by atoms with Gasteiger partial charge in [-0.15, -0.1) is 0 Å². The lowest BCUT2D eigenvalue weighted by molar-refractivity contribution is -0.128. The normalized spacial score (nSPS) is 15.0. The Morgan fingerprint density at radius 3 is 2.38 bits per heavy atom. The summed E-state index contributed by atoms with van der Waals surface area (Å²) in [4.78, 5) is 38.8. The number of para-hydroxylation sites is 1. The van der Waals surface area contributed by atoms with Gasteiger partial charge in [0.2, 0.25) is 11.8 Å². The summed E-state index contributed by atoms with van der Waals surface area (Å²) >= 11 is 6.11. The number of piperidine rings is 1. The third kappa shape index (κ3) is 6.47. The third-order valence-electron chi connectivity index (χ3n) is 5.62. The minimum atomic E-state index is -0.643. The maximum absolute atomic E-state index is 12.9. The van der Waals surface area contributed by atoms with Crippen molar-refractivity contribution < 1.29 is 14.4 Å². The van der Waals surface area contributed by atoms with Crippen LogP contribution in [0.1, 0.15) is 30.9 Å². The second kappa shape index (κ2) is 11.0. The average molecular weight is 457 g/mol. The van der Waals surface area contributed by atoms with Crippen LogP contribution >= 0.6 is 11.6 Å². The van der Waals surface area contributed by atoms with Gasteiger partial charge in [-0.25, -0.2) is 4.79 Å². The summed E-state index contributed by atoms with van der Waals surface area (Å²) in [5.74, 6) is -0.452. The smallest absolute Gasteiger partial charge is 0.321 e. The molecular weight excluding hydrogens is 428 g/mol. The van der Waals surface area contributed by atoms with Crippen molar-refractivity contribution in [3.63, 3.8) is 0 Å². The van der Waals surface area contributed by atoms with Crippen LogP contribution < -0.4 is 16.0 Å². The van der Waals surface area contributed by atoms with Crippen molar-refractivity contribution in [2.75, 3.05) is 18.4 Å². The first-order valence-electron chi connectivity index (χ1n) is 10.8. The molecule has 1 atom stereocenters. The van der Waals surface area contributed by atoms with Gasteiger partial charge < -0.3 is 20.9 Å². The number of carbonyl (C=O) groups excluding carboxylic acids is 3. The Kier molecular flexibility index (Phi) is 8.11. The molecule has 0 aliphatic carbocycles. The summed E-state index contributed by atoms with van der Waals surface area (Å²) in [5.41, 5.74) is 2.67. The van der Waals surface area contributed by atoms with Gasteiger partial charge in [0.25, 0.3) is 0 Å². The molecule has 2 aromatic carbocycles. The molecule has 3 rings (SSSR count). The van der Waals surface area contributed by atoms with Crippen LogP contribution in [0.15, 0.2) is 48.5 Å². The molecular formula is C24H29ClN4O3. The van der Waals surface area contributed by atoms with Gasteiger partial charge in [-0.1, -0.05) is 48.0 Å². The van der Waals surface area contributed by atoms with Gasteiger partial charge in [-0.3, -0.25) is 9.59 Å². The van der Waals surface area contributed by atoms with E-state index in [4.69, 9.17) is 11.6 Å². The van der Waals surface area contributed by atoms with Crippen molar-refractivity contribution in [3.8, 4) is 0 Å². The van der Waals surface area contributed by atoms with Crippen molar-refractivity contribution in [3.05, 3.63) is 64.7 Å². The van der Waals surface area contributed by atoms with E-state index in [9.17, 15) is 14.4 Å². The van der Waals surface area contributed by atoms with E-state index in [-0.39, 0.29) is 23.9 Å². The van der Waals surface area contributed by atoms with Gasteiger partial charge in [0.1, 0.15) is 6.04 Å². The molecule has 1 aliphatic rings. The predicted molar refractivity (Wildman–Crippen MR) is 126 cm³/mol. The first-order chi connectivity index (χ1) is 15.3. The molecule has 4 amide bonds. The number of rotatable bonds is 6. The SMILES string of the molecule is CC(=O)N[C@H](Cc1ccccc1C)C(=O)NC1CCN(C(=O)Nc2ccccc2Cl)CC1. The first-order valence-corrected chi connectivity index (χ1v) is 11.1. The van der Waals surface area contributed by atoms with Gasteiger partial charge in [0.15, 0.2) is 0 Å². The molecule has 0 saturated carbocycles. The number of likely N-dealkylation sites (tertiary alicyclic amines) is 1. The van der Waals surface area contributed by atoms with Gasteiger partial charge in [-0.05, 0) is 43.0 Å². The van der Waals surface area contributed by atoms with Gasteiger partial charge in [0.05, 0.1) is 10.7 Å². The quantitative estimate of drug-likeness (QED) is 0.621. The van der Waals surface area contributed by atoms with Crippen LogP contribution in [0.3, 0.4) is 0 Å². The Morgan fingerprint density at radius 2 is 1.72 bits per heavy atom. The van der Waals surface area contributed by atoms with Crippen LogP contribution in [-0.2, 0) is 16.0 Å². The van der Waals surface area contributed by atoms with E-state index in [1.165, 1.54) is 6.92 Å². The molecule has 1 saturated heterocycles. The molecule has 1 fully saturated rings. The Hall–Kier alpha value is -3.06. The number of carbonyl (C=O) groups is 3. The van der Waals surface area contributed by atoms with Crippen molar-refractivity contribution in [1.29, 1.82) is 0 Å². The first kappa shape index (κ1) is 23.6. The summed E-state index contributed by atoms with van der Waals surface area (Å²) in [7, 11) is 0. The Morgan fingerprint density at radius 1 is 1.06 bits per heavy atom. The second-order valence-corrected chi connectivity index (χ2v) is 8.47. The molecule has 8 heteroatoms. The number of aryl methyl sites for hydroxylation is 1. The van der Waals surface area contributed by atoms with Crippen molar-refractivity contribution in [2.24, 2.45) is 0 Å². The highest BCUT2D eigenvalue weighted by Gasteiger charge is 2.27. The van der Waals surface area contributed by atoms with Crippen LogP contribution in [-0.4, -0.2) is 47.9 Å². The lowest BCUT2D eigenvalue weighted by Crippen LogP contribution is -2.53. The van der Waals surface area contributed by atoms with E-state index in [0.29, 0.717) is 43.1 Å². The highest BCUT2D eigenvalue weighted by atomic mass is 35.5. The molecule has 0 bridgehead atoms. The van der Waals surface area contributed by atoms with E-state index < -0.39 is 6.04 Å². The molecule has 32 heavy (non-hydrogen) atoms. The van der Waals surface area contributed by atoms with Crippen LogP contribution in [0.2, 0.25) is 5.02 Å². The minimum absolute atomic E-state index is 0.0556. The number of benzene rings is 2. The molecule has 7 nitrogen and oxygen atoms in total. The molecule has 0 unspecified atom stereocenters. The largest absolute Gasteiger partial charge is 0.351 e. The molecule has 1 heterocycles. The molecule has 0 spiro atoms. The number of hydrogen-bond donors (Lipinski definition) is 3. The number of nitrogens with one attached hydrogen (secondary N) is 3. The Labute approximate surface area is 193 Å². The van der Waals surface area contributed by atoms with Gasteiger partial charge in [-0.2, -0.15) is 0 Å². The van der Waals surface area contributed by atoms with Crippen LogP contribution in [0, 0.1) is 6.92 Å². The molecule has 0 aromatic heterocycles. The summed E-state index contributed by atoms with van der Waals surface area (Å²) in [6.07, 6.45) is 1.70. The van der Waals surface area contributed by atoms with E-state index in [0.717, 1.165) is 11.1 Å². The zero-order valence-corrected chi connectivity index (χ0v) is 19.1. The predicted octanol–water partition coefficient (Wildman–Crippen LogP) is 3.51. The summed E-state index contributed by atoms with van der Waals surface area (Å²) in [6.45, 7) is 4.43. The molecule has 170 valence electrons. The van der Waals surface area contributed by atoms with E-state index in [1.54, 1.807) is 23.1 Å². The van der Waals surface area contributed by atoms with Gasteiger partial charge in [0, 0.05) is 32.5 Å². The molecule has 0 radical (unpaired) electrons. The number of amides is 4. The number of hydrogen-bond acceptors (Lipinski definition) is 3. The van der Waals surface area contributed by atoms with E-state index >= 15 is 0 Å². The highest BCUT2D eigenvalue weighted by molar-refractivity contribution is 6.33. The number of halogens is 1. The fourth-order valence-electron chi connectivity index (χ4n) is 3.80. The average Bonchev–Trinajstić information content (AvgIpc) is 2.76. The van der Waals surface area contributed by atoms with E-state index in [2.05, 4.69) is 16.0 Å². The monoisotopic (exact) mass is 456 g/mol. The zero-order chi connectivity index (χ0) is 23.1.